The number of fused-ring (bicyclic) bond motifs is 3. The molecule has 7 nitrogen and oxygen atoms in total. The highest BCUT2D eigenvalue weighted by Crippen LogP contribution is 2.44. The van der Waals surface area contributed by atoms with E-state index in [1.165, 1.54) is 0 Å². The maximum atomic E-state index is 12.9. The van der Waals surface area contributed by atoms with Crippen molar-refractivity contribution in [2.75, 3.05) is 6.61 Å². The van der Waals surface area contributed by atoms with Crippen LogP contribution in [0.5, 0.6) is 0 Å². The van der Waals surface area contributed by atoms with E-state index in [2.05, 4.69) is 17.4 Å². The molecule has 7 heteroatoms. The van der Waals surface area contributed by atoms with Crippen LogP contribution in [0.25, 0.3) is 11.1 Å². The molecule has 0 bridgehead atoms. The van der Waals surface area contributed by atoms with Crippen molar-refractivity contribution >= 4 is 18.0 Å². The number of amides is 1. The maximum absolute atomic E-state index is 12.9. The number of carboxylic acids is 1. The fourth-order valence-electron chi connectivity index (χ4n) is 4.33. The van der Waals surface area contributed by atoms with Gasteiger partial charge in [-0.25, -0.2) is 9.59 Å². The second kappa shape index (κ2) is 10.3. The van der Waals surface area contributed by atoms with Crippen LogP contribution in [-0.4, -0.2) is 41.4 Å². The molecule has 182 valence electrons. The Morgan fingerprint density at radius 3 is 2.00 bits per heavy atom. The topological polar surface area (TPSA) is 102 Å². The van der Waals surface area contributed by atoms with Crippen molar-refractivity contribution in [1.29, 1.82) is 0 Å². The third-order valence-corrected chi connectivity index (χ3v) is 6.20. The highest BCUT2D eigenvalue weighted by atomic mass is 16.6. The first-order valence-corrected chi connectivity index (χ1v) is 11.5. The van der Waals surface area contributed by atoms with Gasteiger partial charge < -0.3 is 19.9 Å². The summed E-state index contributed by atoms with van der Waals surface area (Å²) in [6, 6.07) is 15.0. The molecule has 1 aliphatic carbocycles. The van der Waals surface area contributed by atoms with Gasteiger partial charge in [0.25, 0.3) is 0 Å². The molecule has 3 unspecified atom stereocenters. The number of alkyl carbamates (subject to hydrolysis) is 1. The molecule has 3 rings (SSSR count). The van der Waals surface area contributed by atoms with Crippen LogP contribution in [0.2, 0.25) is 0 Å². The second-order valence-corrected chi connectivity index (χ2v) is 9.92. The zero-order chi connectivity index (χ0) is 25.0. The number of aliphatic carboxylic acids is 1. The molecule has 0 saturated carbocycles. The van der Waals surface area contributed by atoms with Gasteiger partial charge in [-0.15, -0.1) is 0 Å². The SMILES string of the molecule is CC(CC(=O)O)C(C)C(NC(=O)OCC1c2ccccc2-c2ccccc21)C(=O)OC(C)(C)C. The van der Waals surface area contributed by atoms with E-state index in [-0.39, 0.29) is 24.9 Å². The van der Waals surface area contributed by atoms with E-state index in [1.54, 1.807) is 34.6 Å². The molecule has 0 heterocycles. The predicted molar refractivity (Wildman–Crippen MR) is 128 cm³/mol. The Morgan fingerprint density at radius 2 is 1.50 bits per heavy atom. The minimum atomic E-state index is -1.04. The normalized spacial score (nSPS) is 15.4. The molecule has 0 aliphatic heterocycles. The van der Waals surface area contributed by atoms with Crippen LogP contribution in [0.3, 0.4) is 0 Å². The molecule has 0 spiro atoms. The van der Waals surface area contributed by atoms with Crippen molar-refractivity contribution in [2.24, 2.45) is 11.8 Å². The lowest BCUT2D eigenvalue weighted by Gasteiger charge is -2.30. The lowest BCUT2D eigenvalue weighted by Crippen LogP contribution is -2.49. The molecule has 2 aromatic rings. The summed E-state index contributed by atoms with van der Waals surface area (Å²) < 4.78 is 11.1. The number of carboxylic acid groups (broad SMARTS) is 1. The molecule has 0 aromatic heterocycles. The summed E-state index contributed by atoms with van der Waals surface area (Å²) in [6.07, 6.45) is -0.876. The Morgan fingerprint density at radius 1 is 0.971 bits per heavy atom. The zero-order valence-corrected chi connectivity index (χ0v) is 20.3. The number of esters is 1. The van der Waals surface area contributed by atoms with Crippen LogP contribution < -0.4 is 5.32 Å². The van der Waals surface area contributed by atoms with Crippen molar-refractivity contribution in [2.45, 2.75) is 58.6 Å². The highest BCUT2D eigenvalue weighted by Gasteiger charge is 2.36. The average molecular weight is 468 g/mol. The summed E-state index contributed by atoms with van der Waals surface area (Å²) in [5.41, 5.74) is 3.66. The van der Waals surface area contributed by atoms with Gasteiger partial charge in [-0.2, -0.15) is 0 Å². The van der Waals surface area contributed by atoms with Gasteiger partial charge in [-0.05, 0) is 54.9 Å². The molecule has 0 radical (unpaired) electrons. The predicted octanol–water partition coefficient (Wildman–Crippen LogP) is 4.98. The standard InChI is InChI=1S/C27H33NO6/c1-16(14-23(29)30)17(2)24(25(31)34-27(3,4)5)28-26(32)33-15-22-20-12-8-6-10-18(20)19-11-7-9-13-21(19)22/h6-13,16-17,22,24H,14-15H2,1-5H3,(H,28,32)(H,29,30). The highest BCUT2D eigenvalue weighted by molar-refractivity contribution is 5.82. The van der Waals surface area contributed by atoms with E-state index in [9.17, 15) is 14.4 Å². The number of ether oxygens (including phenoxy) is 2. The van der Waals surface area contributed by atoms with Gasteiger partial charge in [0.1, 0.15) is 18.2 Å². The van der Waals surface area contributed by atoms with E-state index in [0.29, 0.717) is 0 Å². The smallest absolute Gasteiger partial charge is 0.407 e. The van der Waals surface area contributed by atoms with Crippen LogP contribution in [-0.2, 0) is 19.1 Å². The number of rotatable bonds is 8. The minimum Gasteiger partial charge on any atom is -0.481 e. The maximum Gasteiger partial charge on any atom is 0.407 e. The Hall–Kier alpha value is -3.35. The van der Waals surface area contributed by atoms with Crippen LogP contribution in [0.4, 0.5) is 4.79 Å². The van der Waals surface area contributed by atoms with Gasteiger partial charge in [0.2, 0.25) is 0 Å². The molecule has 0 fully saturated rings. The number of hydrogen-bond donors (Lipinski definition) is 2. The Labute approximate surface area is 200 Å². The van der Waals surface area contributed by atoms with E-state index in [1.807, 2.05) is 36.4 Å². The van der Waals surface area contributed by atoms with E-state index >= 15 is 0 Å². The molecular formula is C27H33NO6. The monoisotopic (exact) mass is 467 g/mol. The molecule has 1 amide bonds. The summed E-state index contributed by atoms with van der Waals surface area (Å²) in [4.78, 5) is 36.9. The number of hydrogen-bond acceptors (Lipinski definition) is 5. The van der Waals surface area contributed by atoms with Crippen LogP contribution in [0, 0.1) is 11.8 Å². The number of carbonyl (C=O) groups excluding carboxylic acids is 2. The van der Waals surface area contributed by atoms with Crippen molar-refractivity contribution < 1.29 is 29.0 Å². The van der Waals surface area contributed by atoms with Crippen LogP contribution >= 0.6 is 0 Å². The summed E-state index contributed by atoms with van der Waals surface area (Å²) in [6.45, 7) is 8.78. The van der Waals surface area contributed by atoms with E-state index in [4.69, 9.17) is 14.6 Å². The molecule has 2 N–H and O–H groups in total. The van der Waals surface area contributed by atoms with Crippen molar-refractivity contribution in [1.82, 2.24) is 5.32 Å². The minimum absolute atomic E-state index is 0.110. The first-order valence-electron chi connectivity index (χ1n) is 11.5. The van der Waals surface area contributed by atoms with Gasteiger partial charge in [0.05, 0.1) is 0 Å². The third-order valence-electron chi connectivity index (χ3n) is 6.20. The van der Waals surface area contributed by atoms with Gasteiger partial charge in [0, 0.05) is 12.3 Å². The zero-order valence-electron chi connectivity index (χ0n) is 20.3. The number of benzene rings is 2. The van der Waals surface area contributed by atoms with Crippen molar-refractivity contribution in [3.8, 4) is 11.1 Å². The van der Waals surface area contributed by atoms with Crippen LogP contribution in [0.1, 0.15) is 58.1 Å². The fraction of sp³-hybridized carbons (Fsp3) is 0.444. The number of carbonyl (C=O) groups is 3. The van der Waals surface area contributed by atoms with E-state index < -0.39 is 35.6 Å². The first kappa shape index (κ1) is 25.3. The van der Waals surface area contributed by atoms with Gasteiger partial charge in [-0.1, -0.05) is 62.4 Å². The van der Waals surface area contributed by atoms with Gasteiger partial charge in [0.15, 0.2) is 0 Å². The molecule has 34 heavy (non-hydrogen) atoms. The Kier molecular flexibility index (Phi) is 7.64. The molecule has 1 aliphatic rings. The van der Waals surface area contributed by atoms with Gasteiger partial charge in [-0.3, -0.25) is 4.79 Å². The lowest BCUT2D eigenvalue weighted by atomic mass is 9.86. The molecular weight excluding hydrogens is 434 g/mol. The average Bonchev–Trinajstić information content (AvgIpc) is 3.07. The summed E-state index contributed by atoms with van der Waals surface area (Å²) >= 11 is 0. The Bertz CT molecular complexity index is 1010. The van der Waals surface area contributed by atoms with Gasteiger partial charge >= 0.3 is 18.0 Å². The third kappa shape index (κ3) is 5.95. The van der Waals surface area contributed by atoms with E-state index in [0.717, 1.165) is 22.3 Å². The fourth-order valence-corrected chi connectivity index (χ4v) is 4.33. The Balaban J connectivity index is 1.73. The quantitative estimate of drug-likeness (QED) is 0.531. The van der Waals surface area contributed by atoms with Crippen molar-refractivity contribution in [3.63, 3.8) is 0 Å². The lowest BCUT2D eigenvalue weighted by molar-refractivity contribution is -0.159. The number of nitrogens with one attached hydrogen (secondary N) is 1. The summed E-state index contributed by atoms with van der Waals surface area (Å²) in [5, 5.41) is 11.8. The first-order chi connectivity index (χ1) is 16.0. The van der Waals surface area contributed by atoms with Crippen molar-refractivity contribution in [3.05, 3.63) is 59.7 Å². The molecule has 2 aromatic carbocycles. The second-order valence-electron chi connectivity index (χ2n) is 9.92. The molecule has 3 atom stereocenters. The molecule has 0 saturated heterocycles. The summed E-state index contributed by atoms with van der Waals surface area (Å²) in [5.74, 6) is -2.55. The van der Waals surface area contributed by atoms with Crippen LogP contribution in [0.15, 0.2) is 48.5 Å². The largest absolute Gasteiger partial charge is 0.481 e. The summed E-state index contributed by atoms with van der Waals surface area (Å²) in [7, 11) is 0.